The summed E-state index contributed by atoms with van der Waals surface area (Å²) >= 11 is 0. The lowest BCUT2D eigenvalue weighted by molar-refractivity contribution is -0.118. The van der Waals surface area contributed by atoms with E-state index in [1.165, 1.54) is 12.1 Å². The zero-order valence-electron chi connectivity index (χ0n) is 17.1. The molecule has 1 amide bonds. The van der Waals surface area contributed by atoms with Gasteiger partial charge in [-0.25, -0.2) is 4.39 Å². The van der Waals surface area contributed by atoms with Crippen molar-refractivity contribution in [2.75, 3.05) is 19.0 Å². The van der Waals surface area contributed by atoms with Gasteiger partial charge in [0.2, 0.25) is 0 Å². The van der Waals surface area contributed by atoms with Crippen LogP contribution in [0.3, 0.4) is 0 Å². The topological polar surface area (TPSA) is 59.6 Å². The first-order valence-electron chi connectivity index (χ1n) is 9.65. The summed E-state index contributed by atoms with van der Waals surface area (Å²) < 4.78 is 24.0. The number of halogens is 1. The van der Waals surface area contributed by atoms with Crippen LogP contribution in [0.15, 0.2) is 66.7 Å². The molecule has 5 nitrogen and oxygen atoms in total. The number of hydrogen-bond donors (Lipinski definition) is 2. The zero-order valence-corrected chi connectivity index (χ0v) is 17.1. The van der Waals surface area contributed by atoms with Gasteiger partial charge in [-0.05, 0) is 54.4 Å². The number of amides is 1. The first-order valence-corrected chi connectivity index (χ1v) is 9.65. The number of hydrogen-bond acceptors (Lipinski definition) is 4. The maximum absolute atomic E-state index is 13.0. The maximum atomic E-state index is 13.0. The summed E-state index contributed by atoms with van der Waals surface area (Å²) in [5.74, 6) is 0.565. The Balaban J connectivity index is 1.51. The number of nitrogens with one attached hydrogen (secondary N) is 2. The van der Waals surface area contributed by atoms with Gasteiger partial charge in [-0.15, -0.1) is 0 Å². The number of carbonyl (C=O) groups excluding carboxylic acids is 1. The van der Waals surface area contributed by atoms with Crippen LogP contribution in [0.1, 0.15) is 16.7 Å². The lowest BCUT2D eigenvalue weighted by atomic mass is 10.2. The minimum atomic E-state index is -0.244. The lowest BCUT2D eigenvalue weighted by Gasteiger charge is -2.13. The Morgan fingerprint density at radius 1 is 0.900 bits per heavy atom. The number of benzene rings is 3. The van der Waals surface area contributed by atoms with Crippen molar-refractivity contribution in [2.45, 2.75) is 20.0 Å². The number of anilines is 1. The van der Waals surface area contributed by atoms with Crippen molar-refractivity contribution in [2.24, 2.45) is 0 Å². The summed E-state index contributed by atoms with van der Waals surface area (Å²) in [4.78, 5) is 12.1. The fraction of sp³-hybridized carbons (Fsp3) is 0.208. The van der Waals surface area contributed by atoms with Crippen molar-refractivity contribution in [1.82, 2.24) is 5.32 Å². The normalized spacial score (nSPS) is 10.5. The van der Waals surface area contributed by atoms with E-state index < -0.39 is 0 Å². The van der Waals surface area contributed by atoms with Crippen LogP contribution in [0.5, 0.6) is 11.5 Å². The standard InChI is InChI=1S/C24H25FN2O3/c1-17-3-10-21(11-4-17)27-24(28)16-30-22-12-7-19(13-23(22)29-2)15-26-14-18-5-8-20(25)9-6-18/h3-13,26H,14-16H2,1-2H3,(H,27,28). The molecule has 156 valence electrons. The molecule has 3 rings (SSSR count). The molecule has 0 saturated heterocycles. The molecule has 0 fully saturated rings. The van der Waals surface area contributed by atoms with Gasteiger partial charge < -0.3 is 20.1 Å². The minimum Gasteiger partial charge on any atom is -0.493 e. The van der Waals surface area contributed by atoms with Crippen LogP contribution in [0.2, 0.25) is 0 Å². The molecule has 0 unspecified atom stereocenters. The van der Waals surface area contributed by atoms with Crippen molar-refractivity contribution in [3.8, 4) is 11.5 Å². The molecule has 2 N–H and O–H groups in total. The molecule has 30 heavy (non-hydrogen) atoms. The number of rotatable bonds is 9. The van der Waals surface area contributed by atoms with Gasteiger partial charge >= 0.3 is 0 Å². The molecule has 3 aromatic rings. The number of ether oxygens (including phenoxy) is 2. The highest BCUT2D eigenvalue weighted by atomic mass is 19.1. The van der Waals surface area contributed by atoms with E-state index >= 15 is 0 Å². The van der Waals surface area contributed by atoms with Crippen molar-refractivity contribution < 1.29 is 18.7 Å². The summed E-state index contributed by atoms with van der Waals surface area (Å²) in [6.45, 7) is 3.11. The summed E-state index contributed by atoms with van der Waals surface area (Å²) in [7, 11) is 1.56. The van der Waals surface area contributed by atoms with E-state index in [4.69, 9.17) is 9.47 Å². The Kier molecular flexibility index (Phi) is 7.40. The third-order valence-corrected chi connectivity index (χ3v) is 4.49. The van der Waals surface area contributed by atoms with Gasteiger partial charge in [0.1, 0.15) is 5.82 Å². The molecule has 0 aromatic heterocycles. The van der Waals surface area contributed by atoms with Crippen LogP contribution in [-0.4, -0.2) is 19.6 Å². The molecule has 0 spiro atoms. The third-order valence-electron chi connectivity index (χ3n) is 4.49. The average Bonchev–Trinajstić information content (AvgIpc) is 2.75. The number of carbonyl (C=O) groups is 1. The Hall–Kier alpha value is -3.38. The summed E-state index contributed by atoms with van der Waals surface area (Å²) in [5.41, 5.74) is 3.86. The molecule has 0 aliphatic rings. The van der Waals surface area contributed by atoms with Crippen LogP contribution in [0.25, 0.3) is 0 Å². The van der Waals surface area contributed by atoms with Crippen LogP contribution < -0.4 is 20.1 Å². The minimum absolute atomic E-state index is 0.119. The lowest BCUT2D eigenvalue weighted by Crippen LogP contribution is -2.20. The van der Waals surface area contributed by atoms with E-state index in [9.17, 15) is 9.18 Å². The molecule has 0 atom stereocenters. The second-order valence-electron chi connectivity index (χ2n) is 6.92. The van der Waals surface area contributed by atoms with E-state index in [0.29, 0.717) is 24.6 Å². The molecule has 0 bridgehead atoms. The zero-order chi connectivity index (χ0) is 21.3. The molecule has 0 radical (unpaired) electrons. The predicted molar refractivity (Wildman–Crippen MR) is 115 cm³/mol. The van der Waals surface area contributed by atoms with E-state index in [0.717, 1.165) is 22.4 Å². The van der Waals surface area contributed by atoms with Crippen LogP contribution in [0.4, 0.5) is 10.1 Å². The smallest absolute Gasteiger partial charge is 0.262 e. The molecule has 0 heterocycles. The van der Waals surface area contributed by atoms with Gasteiger partial charge in [0, 0.05) is 18.8 Å². The maximum Gasteiger partial charge on any atom is 0.262 e. The Morgan fingerprint density at radius 3 is 2.27 bits per heavy atom. The molecule has 0 saturated carbocycles. The largest absolute Gasteiger partial charge is 0.493 e. The van der Waals surface area contributed by atoms with Gasteiger partial charge in [-0.2, -0.15) is 0 Å². The monoisotopic (exact) mass is 408 g/mol. The first kappa shape index (κ1) is 21.3. The number of aryl methyl sites for hydroxylation is 1. The van der Waals surface area contributed by atoms with E-state index in [2.05, 4.69) is 10.6 Å². The summed E-state index contributed by atoms with van der Waals surface area (Å²) in [5, 5.41) is 6.10. The highest BCUT2D eigenvalue weighted by Crippen LogP contribution is 2.28. The van der Waals surface area contributed by atoms with E-state index in [-0.39, 0.29) is 18.3 Å². The van der Waals surface area contributed by atoms with E-state index in [1.807, 2.05) is 43.3 Å². The molecule has 3 aromatic carbocycles. The quantitative estimate of drug-likeness (QED) is 0.549. The molecule has 6 heteroatoms. The summed E-state index contributed by atoms with van der Waals surface area (Å²) in [6, 6.07) is 19.5. The van der Waals surface area contributed by atoms with Crippen molar-refractivity contribution >= 4 is 11.6 Å². The second kappa shape index (κ2) is 10.4. The highest BCUT2D eigenvalue weighted by Gasteiger charge is 2.09. The van der Waals surface area contributed by atoms with Crippen molar-refractivity contribution in [3.05, 3.63) is 89.2 Å². The van der Waals surface area contributed by atoms with Gasteiger partial charge in [-0.3, -0.25) is 4.79 Å². The van der Waals surface area contributed by atoms with Crippen LogP contribution in [0, 0.1) is 12.7 Å². The predicted octanol–water partition coefficient (Wildman–Crippen LogP) is 4.45. The average molecular weight is 408 g/mol. The Labute approximate surface area is 175 Å². The van der Waals surface area contributed by atoms with Gasteiger partial charge in [-0.1, -0.05) is 35.9 Å². The van der Waals surface area contributed by atoms with Crippen molar-refractivity contribution in [3.63, 3.8) is 0 Å². The Morgan fingerprint density at radius 2 is 1.57 bits per heavy atom. The third kappa shape index (κ3) is 6.32. The van der Waals surface area contributed by atoms with Crippen molar-refractivity contribution in [1.29, 1.82) is 0 Å². The molecular weight excluding hydrogens is 383 g/mol. The van der Waals surface area contributed by atoms with Crippen LogP contribution in [-0.2, 0) is 17.9 Å². The van der Waals surface area contributed by atoms with Gasteiger partial charge in [0.05, 0.1) is 7.11 Å². The first-order chi connectivity index (χ1) is 14.5. The van der Waals surface area contributed by atoms with Crippen LogP contribution >= 0.6 is 0 Å². The molecule has 0 aliphatic heterocycles. The SMILES string of the molecule is COc1cc(CNCc2ccc(F)cc2)ccc1OCC(=O)Nc1ccc(C)cc1. The molecular formula is C24H25FN2O3. The highest BCUT2D eigenvalue weighted by molar-refractivity contribution is 5.91. The number of methoxy groups -OCH3 is 1. The molecule has 0 aliphatic carbocycles. The van der Waals surface area contributed by atoms with Gasteiger partial charge in [0.15, 0.2) is 18.1 Å². The summed E-state index contributed by atoms with van der Waals surface area (Å²) in [6.07, 6.45) is 0. The fourth-order valence-corrected chi connectivity index (χ4v) is 2.87. The van der Waals surface area contributed by atoms with Gasteiger partial charge in [0.25, 0.3) is 5.91 Å². The van der Waals surface area contributed by atoms with E-state index in [1.54, 1.807) is 25.3 Å². The second-order valence-corrected chi connectivity index (χ2v) is 6.92. The fourth-order valence-electron chi connectivity index (χ4n) is 2.87. The Bertz CT molecular complexity index is 973.